The Morgan fingerprint density at radius 2 is 1.71 bits per heavy atom. The van der Waals surface area contributed by atoms with Crippen LogP contribution in [0, 0.1) is 25.5 Å². The highest BCUT2D eigenvalue weighted by Crippen LogP contribution is 2.28. The highest BCUT2D eigenvalue weighted by Gasteiger charge is 2.19. The number of hydrogen-bond donors (Lipinski definition) is 1. The van der Waals surface area contributed by atoms with Crippen LogP contribution in [0.15, 0.2) is 30.3 Å². The SMILES string of the molecule is CCNC(c1cc(C)c(F)c(C)c1)c1ccc(Cl)cc1F. The zero-order valence-electron chi connectivity index (χ0n) is 12.3. The fraction of sp³-hybridized carbons (Fsp3) is 0.294. The van der Waals surface area contributed by atoms with Crippen molar-refractivity contribution < 1.29 is 8.78 Å². The van der Waals surface area contributed by atoms with Crippen LogP contribution in [0.2, 0.25) is 5.02 Å². The maximum Gasteiger partial charge on any atom is 0.129 e. The monoisotopic (exact) mass is 309 g/mol. The standard InChI is InChI=1S/C17H18ClF2N/c1-4-21-17(14-6-5-13(18)9-15(14)19)12-7-10(2)16(20)11(3)8-12/h5-9,17,21H,4H2,1-3H3. The molecule has 0 fully saturated rings. The zero-order chi connectivity index (χ0) is 15.6. The summed E-state index contributed by atoms with van der Waals surface area (Å²) in [6.45, 7) is 6.05. The van der Waals surface area contributed by atoms with Crippen LogP contribution in [0.25, 0.3) is 0 Å². The van der Waals surface area contributed by atoms with E-state index in [0.717, 1.165) is 5.56 Å². The summed E-state index contributed by atoms with van der Waals surface area (Å²) in [6, 6.07) is 7.80. The lowest BCUT2D eigenvalue weighted by molar-refractivity contribution is 0.556. The van der Waals surface area contributed by atoms with Gasteiger partial charge in [-0.25, -0.2) is 8.78 Å². The molecule has 0 saturated heterocycles. The average Bonchev–Trinajstić information content (AvgIpc) is 2.42. The summed E-state index contributed by atoms with van der Waals surface area (Å²) in [6.07, 6.45) is 0. The Morgan fingerprint density at radius 1 is 1.10 bits per heavy atom. The summed E-state index contributed by atoms with van der Waals surface area (Å²) in [5, 5.41) is 3.60. The highest BCUT2D eigenvalue weighted by atomic mass is 35.5. The van der Waals surface area contributed by atoms with Crippen molar-refractivity contribution in [1.29, 1.82) is 0 Å². The van der Waals surface area contributed by atoms with Crippen LogP contribution < -0.4 is 5.32 Å². The Morgan fingerprint density at radius 3 is 2.24 bits per heavy atom. The van der Waals surface area contributed by atoms with Crippen LogP contribution in [-0.4, -0.2) is 6.54 Å². The maximum absolute atomic E-state index is 14.2. The number of halogens is 3. The van der Waals surface area contributed by atoms with Crippen molar-refractivity contribution in [2.75, 3.05) is 6.54 Å². The topological polar surface area (TPSA) is 12.0 Å². The molecule has 2 rings (SSSR count). The van der Waals surface area contributed by atoms with Crippen LogP contribution in [0.1, 0.15) is 35.2 Å². The second kappa shape index (κ2) is 6.54. The van der Waals surface area contributed by atoms with Crippen LogP contribution in [0.5, 0.6) is 0 Å². The molecule has 0 aromatic heterocycles. The molecule has 0 saturated carbocycles. The lowest BCUT2D eigenvalue weighted by atomic mass is 9.95. The second-order valence-electron chi connectivity index (χ2n) is 5.13. The minimum atomic E-state index is -0.368. The third-order valence-corrected chi connectivity index (χ3v) is 3.71. The van der Waals surface area contributed by atoms with Gasteiger partial charge in [0.25, 0.3) is 0 Å². The van der Waals surface area contributed by atoms with E-state index in [9.17, 15) is 8.78 Å². The fourth-order valence-corrected chi connectivity index (χ4v) is 2.65. The molecular formula is C17H18ClF2N. The van der Waals surface area contributed by atoms with Crippen molar-refractivity contribution >= 4 is 11.6 Å². The van der Waals surface area contributed by atoms with E-state index in [2.05, 4.69) is 5.32 Å². The van der Waals surface area contributed by atoms with E-state index in [4.69, 9.17) is 11.6 Å². The first-order valence-electron chi connectivity index (χ1n) is 6.89. The van der Waals surface area contributed by atoms with E-state index in [-0.39, 0.29) is 17.7 Å². The van der Waals surface area contributed by atoms with Crippen molar-refractivity contribution in [1.82, 2.24) is 5.32 Å². The Hall–Kier alpha value is -1.45. The molecule has 2 aromatic carbocycles. The van der Waals surface area contributed by atoms with Crippen molar-refractivity contribution in [2.45, 2.75) is 26.8 Å². The lowest BCUT2D eigenvalue weighted by Gasteiger charge is -2.21. The van der Waals surface area contributed by atoms with Gasteiger partial charge in [0.05, 0.1) is 6.04 Å². The summed E-state index contributed by atoms with van der Waals surface area (Å²) in [7, 11) is 0. The van der Waals surface area contributed by atoms with E-state index in [0.29, 0.717) is 28.3 Å². The normalized spacial score (nSPS) is 12.5. The van der Waals surface area contributed by atoms with Crippen LogP contribution in [-0.2, 0) is 0 Å². The quantitative estimate of drug-likeness (QED) is 0.844. The van der Waals surface area contributed by atoms with Crippen LogP contribution in [0.4, 0.5) is 8.78 Å². The predicted octanol–water partition coefficient (Wildman–Crippen LogP) is 4.93. The summed E-state index contributed by atoms with van der Waals surface area (Å²) in [5.74, 6) is -0.585. The minimum Gasteiger partial charge on any atom is -0.306 e. The molecule has 112 valence electrons. The summed E-state index contributed by atoms with van der Waals surface area (Å²) >= 11 is 5.81. The van der Waals surface area contributed by atoms with Crippen molar-refractivity contribution in [3.8, 4) is 0 Å². The first-order chi connectivity index (χ1) is 9.93. The fourth-order valence-electron chi connectivity index (χ4n) is 2.49. The predicted molar refractivity (Wildman–Crippen MR) is 82.8 cm³/mol. The number of benzene rings is 2. The van der Waals surface area contributed by atoms with Gasteiger partial charge in [-0.05, 0) is 49.2 Å². The molecule has 0 bridgehead atoms. The van der Waals surface area contributed by atoms with Crippen molar-refractivity contribution in [3.63, 3.8) is 0 Å². The Kier molecular flexibility index (Phi) is 4.96. The smallest absolute Gasteiger partial charge is 0.129 e. The highest BCUT2D eigenvalue weighted by molar-refractivity contribution is 6.30. The lowest BCUT2D eigenvalue weighted by Crippen LogP contribution is -2.23. The van der Waals surface area contributed by atoms with E-state index in [1.165, 1.54) is 6.07 Å². The van der Waals surface area contributed by atoms with Gasteiger partial charge in [-0.2, -0.15) is 0 Å². The molecule has 1 N–H and O–H groups in total. The molecule has 1 atom stereocenters. The minimum absolute atomic E-state index is 0.217. The molecule has 0 aliphatic carbocycles. The van der Waals surface area contributed by atoms with Gasteiger partial charge in [0.2, 0.25) is 0 Å². The maximum atomic E-state index is 14.2. The number of rotatable bonds is 4. The molecule has 2 aromatic rings. The van der Waals surface area contributed by atoms with Crippen molar-refractivity contribution in [3.05, 3.63) is 69.2 Å². The van der Waals surface area contributed by atoms with Gasteiger partial charge < -0.3 is 5.32 Å². The first-order valence-corrected chi connectivity index (χ1v) is 7.26. The molecule has 21 heavy (non-hydrogen) atoms. The summed E-state index contributed by atoms with van der Waals surface area (Å²) < 4.78 is 28.0. The van der Waals surface area contributed by atoms with Gasteiger partial charge >= 0.3 is 0 Å². The van der Waals surface area contributed by atoms with Gasteiger partial charge in [-0.1, -0.05) is 36.7 Å². The van der Waals surface area contributed by atoms with E-state index >= 15 is 0 Å². The van der Waals surface area contributed by atoms with Gasteiger partial charge in [0.15, 0.2) is 0 Å². The first kappa shape index (κ1) is 15.9. The molecule has 0 heterocycles. The van der Waals surface area contributed by atoms with Gasteiger partial charge in [0.1, 0.15) is 11.6 Å². The van der Waals surface area contributed by atoms with Crippen LogP contribution >= 0.6 is 11.6 Å². The molecule has 0 amide bonds. The van der Waals surface area contributed by atoms with Gasteiger partial charge in [-0.3, -0.25) is 0 Å². The molecule has 1 nitrogen and oxygen atoms in total. The Balaban J connectivity index is 2.53. The molecule has 0 radical (unpaired) electrons. The number of aryl methyl sites for hydroxylation is 2. The van der Waals surface area contributed by atoms with Gasteiger partial charge in [-0.15, -0.1) is 0 Å². The third kappa shape index (κ3) is 3.42. The molecule has 0 aliphatic rings. The van der Waals surface area contributed by atoms with Crippen LogP contribution in [0.3, 0.4) is 0 Å². The van der Waals surface area contributed by atoms with E-state index < -0.39 is 0 Å². The average molecular weight is 310 g/mol. The molecule has 1 unspecified atom stereocenters. The number of hydrogen-bond acceptors (Lipinski definition) is 1. The largest absolute Gasteiger partial charge is 0.306 e. The second-order valence-corrected chi connectivity index (χ2v) is 5.56. The van der Waals surface area contributed by atoms with Gasteiger partial charge in [0, 0.05) is 10.6 Å². The molecule has 0 spiro atoms. The zero-order valence-corrected chi connectivity index (χ0v) is 13.1. The summed E-state index contributed by atoms with van der Waals surface area (Å²) in [5.41, 5.74) is 2.46. The summed E-state index contributed by atoms with van der Waals surface area (Å²) in [4.78, 5) is 0. The third-order valence-electron chi connectivity index (χ3n) is 3.47. The number of nitrogens with one attached hydrogen (secondary N) is 1. The molecule has 4 heteroatoms. The molecular weight excluding hydrogens is 292 g/mol. The molecule has 0 aliphatic heterocycles. The van der Waals surface area contributed by atoms with E-state index in [1.54, 1.807) is 38.1 Å². The van der Waals surface area contributed by atoms with E-state index in [1.807, 2.05) is 6.92 Å². The van der Waals surface area contributed by atoms with Crippen molar-refractivity contribution in [2.24, 2.45) is 0 Å². The Labute approximate surface area is 128 Å². The Bertz CT molecular complexity index is 632.